The summed E-state index contributed by atoms with van der Waals surface area (Å²) in [5.41, 5.74) is 2.29. The van der Waals surface area contributed by atoms with Crippen LogP contribution in [0.4, 0.5) is 26.9 Å². The van der Waals surface area contributed by atoms with Crippen molar-refractivity contribution < 1.29 is 23.8 Å². The number of carbonyl (C=O) groups is 2. The maximum absolute atomic E-state index is 13.6. The first-order valence-electron chi connectivity index (χ1n) is 18.1. The second kappa shape index (κ2) is 15.5. The first-order valence-corrected chi connectivity index (χ1v) is 18.1. The van der Waals surface area contributed by atoms with Gasteiger partial charge in [0.25, 0.3) is 0 Å². The van der Waals surface area contributed by atoms with Crippen molar-refractivity contribution in [2.45, 2.75) is 78.7 Å². The molecule has 0 saturated carbocycles. The molecule has 1 N–H and O–H groups in total. The fraction of sp³-hybridized carbons (Fsp3) is 0.349. The Morgan fingerprint density at radius 3 is 2.32 bits per heavy atom. The standard InChI is InChI=1S/C43H49N5O5/c1-29-22-34(46-39(23-29)48(41(50)53-43(5,6)7)26-30-14-9-8-10-15-30)25-32-27-47(40(49)52-42(2,3)4)28-37(32)51-36-17-13-16-31-24-33(19-20-35(31)36)45-38-18-11-12-21-44-38/h8-24,32,37H,25-28H2,1-7H3,(H,44,45)/t32-,37+/m1/s1. The molecule has 3 aromatic carbocycles. The molecule has 0 radical (unpaired) electrons. The van der Waals surface area contributed by atoms with Crippen LogP contribution in [0, 0.1) is 12.8 Å². The van der Waals surface area contributed by atoms with Crippen molar-refractivity contribution in [2.24, 2.45) is 5.92 Å². The van der Waals surface area contributed by atoms with E-state index in [9.17, 15) is 9.59 Å². The van der Waals surface area contributed by atoms with Gasteiger partial charge in [-0.15, -0.1) is 0 Å². The lowest BCUT2D eigenvalue weighted by atomic mass is 9.98. The molecule has 0 spiro atoms. The number of nitrogens with one attached hydrogen (secondary N) is 1. The van der Waals surface area contributed by atoms with Gasteiger partial charge in [-0.05, 0) is 120 Å². The molecule has 2 atom stereocenters. The Morgan fingerprint density at radius 2 is 1.60 bits per heavy atom. The number of likely N-dealkylation sites (tertiary alicyclic amines) is 1. The highest BCUT2D eigenvalue weighted by Gasteiger charge is 2.39. The maximum Gasteiger partial charge on any atom is 0.416 e. The van der Waals surface area contributed by atoms with Crippen LogP contribution in [0.15, 0.2) is 103 Å². The van der Waals surface area contributed by atoms with E-state index in [1.165, 1.54) is 0 Å². The number of nitrogens with zero attached hydrogens (tertiary/aromatic N) is 4. The van der Waals surface area contributed by atoms with Gasteiger partial charge in [-0.1, -0.05) is 48.5 Å². The molecule has 1 aliphatic heterocycles. The monoisotopic (exact) mass is 715 g/mol. The third-order valence-corrected chi connectivity index (χ3v) is 8.64. The molecule has 53 heavy (non-hydrogen) atoms. The van der Waals surface area contributed by atoms with Crippen molar-refractivity contribution in [2.75, 3.05) is 23.3 Å². The quantitative estimate of drug-likeness (QED) is 0.161. The van der Waals surface area contributed by atoms with E-state index >= 15 is 0 Å². The molecule has 10 nitrogen and oxygen atoms in total. The normalized spacial score (nSPS) is 15.9. The van der Waals surface area contributed by atoms with E-state index in [1.807, 2.05) is 133 Å². The topological polar surface area (TPSA) is 106 Å². The number of aryl methyl sites for hydroxylation is 1. The molecule has 2 aromatic heterocycles. The highest BCUT2D eigenvalue weighted by molar-refractivity contribution is 5.91. The Kier molecular flexibility index (Phi) is 10.9. The summed E-state index contributed by atoms with van der Waals surface area (Å²) >= 11 is 0. The third kappa shape index (κ3) is 10.0. The molecule has 1 aliphatic rings. The van der Waals surface area contributed by atoms with Gasteiger partial charge < -0.3 is 24.4 Å². The van der Waals surface area contributed by atoms with Crippen LogP contribution >= 0.6 is 0 Å². The van der Waals surface area contributed by atoms with Gasteiger partial charge in [-0.2, -0.15) is 0 Å². The van der Waals surface area contributed by atoms with Crippen LogP contribution in [0.3, 0.4) is 0 Å². The molecule has 3 heterocycles. The van der Waals surface area contributed by atoms with E-state index in [0.717, 1.165) is 44.8 Å². The van der Waals surface area contributed by atoms with Gasteiger partial charge in [0.1, 0.15) is 34.7 Å². The number of ether oxygens (including phenoxy) is 3. The van der Waals surface area contributed by atoms with Gasteiger partial charge >= 0.3 is 12.2 Å². The molecule has 1 saturated heterocycles. The fourth-order valence-corrected chi connectivity index (χ4v) is 6.38. The van der Waals surface area contributed by atoms with Crippen LogP contribution in [-0.4, -0.2) is 57.4 Å². The molecule has 5 aromatic rings. The number of pyridine rings is 2. The van der Waals surface area contributed by atoms with Crippen molar-refractivity contribution >= 4 is 40.3 Å². The molecule has 1 fully saturated rings. The summed E-state index contributed by atoms with van der Waals surface area (Å²) in [6.07, 6.45) is 1.06. The largest absolute Gasteiger partial charge is 0.488 e. The van der Waals surface area contributed by atoms with Crippen LogP contribution in [0.5, 0.6) is 5.75 Å². The number of aromatic nitrogens is 2. The van der Waals surface area contributed by atoms with E-state index in [-0.39, 0.29) is 18.1 Å². The van der Waals surface area contributed by atoms with Crippen LogP contribution in [0.1, 0.15) is 58.4 Å². The van der Waals surface area contributed by atoms with Crippen LogP contribution in [0.2, 0.25) is 0 Å². The average molecular weight is 716 g/mol. The smallest absolute Gasteiger partial charge is 0.416 e. The summed E-state index contributed by atoms with van der Waals surface area (Å²) in [6.45, 7) is 14.2. The summed E-state index contributed by atoms with van der Waals surface area (Å²) in [7, 11) is 0. The fourth-order valence-electron chi connectivity index (χ4n) is 6.38. The number of benzene rings is 3. The number of hydrogen-bond acceptors (Lipinski definition) is 8. The minimum absolute atomic E-state index is 0.117. The first kappa shape index (κ1) is 37.1. The summed E-state index contributed by atoms with van der Waals surface area (Å²) in [5.74, 6) is 1.87. The van der Waals surface area contributed by atoms with Gasteiger partial charge in [0.15, 0.2) is 0 Å². The SMILES string of the molecule is Cc1cc(C[C@@H]2CN(C(=O)OC(C)(C)C)C[C@@H]2Oc2cccc3cc(Nc4ccccn4)ccc23)nc(N(Cc2ccccc2)C(=O)OC(C)(C)C)c1. The molecular weight excluding hydrogens is 667 g/mol. The second-order valence-electron chi connectivity index (χ2n) is 15.6. The summed E-state index contributed by atoms with van der Waals surface area (Å²) in [5, 5.41) is 5.32. The molecule has 0 bridgehead atoms. The van der Waals surface area contributed by atoms with Crippen molar-refractivity contribution in [3.63, 3.8) is 0 Å². The Labute approximate surface area is 312 Å². The molecule has 10 heteroatoms. The third-order valence-electron chi connectivity index (χ3n) is 8.64. The van der Waals surface area contributed by atoms with Crippen molar-refractivity contribution in [1.29, 1.82) is 0 Å². The number of rotatable bonds is 9. The maximum atomic E-state index is 13.6. The summed E-state index contributed by atoms with van der Waals surface area (Å²) in [4.78, 5) is 39.7. The molecule has 0 aliphatic carbocycles. The molecule has 2 amide bonds. The average Bonchev–Trinajstić information content (AvgIpc) is 3.48. The van der Waals surface area contributed by atoms with Crippen LogP contribution in [-0.2, 0) is 22.4 Å². The van der Waals surface area contributed by atoms with Crippen molar-refractivity contribution in [3.05, 3.63) is 120 Å². The van der Waals surface area contributed by atoms with Gasteiger partial charge in [0.05, 0.1) is 13.1 Å². The molecule has 276 valence electrons. The minimum atomic E-state index is -0.684. The van der Waals surface area contributed by atoms with Gasteiger partial charge in [-0.25, -0.2) is 19.6 Å². The van der Waals surface area contributed by atoms with Crippen molar-refractivity contribution in [1.82, 2.24) is 14.9 Å². The molecular formula is C43H49N5O5. The summed E-state index contributed by atoms with van der Waals surface area (Å²) in [6, 6.07) is 31.6. The number of amides is 2. The van der Waals surface area contributed by atoms with E-state index < -0.39 is 17.3 Å². The zero-order valence-corrected chi connectivity index (χ0v) is 31.6. The van der Waals surface area contributed by atoms with Crippen molar-refractivity contribution in [3.8, 4) is 5.75 Å². The zero-order chi connectivity index (χ0) is 37.8. The molecule has 0 unspecified atom stereocenters. The number of carbonyl (C=O) groups excluding carboxylic acids is 2. The van der Waals surface area contributed by atoms with E-state index in [4.69, 9.17) is 19.2 Å². The van der Waals surface area contributed by atoms with Gasteiger partial charge in [-0.3, -0.25) is 4.90 Å². The predicted octanol–water partition coefficient (Wildman–Crippen LogP) is 9.48. The Balaban J connectivity index is 1.29. The number of hydrogen-bond donors (Lipinski definition) is 1. The van der Waals surface area contributed by atoms with E-state index in [0.29, 0.717) is 31.9 Å². The Hall–Kier alpha value is -5.64. The minimum Gasteiger partial charge on any atom is -0.488 e. The highest BCUT2D eigenvalue weighted by Crippen LogP contribution is 2.34. The lowest BCUT2D eigenvalue weighted by Gasteiger charge is -2.27. The number of anilines is 3. The zero-order valence-electron chi connectivity index (χ0n) is 31.6. The predicted molar refractivity (Wildman–Crippen MR) is 209 cm³/mol. The van der Waals surface area contributed by atoms with Gasteiger partial charge in [0, 0.05) is 35.4 Å². The lowest BCUT2D eigenvalue weighted by Crippen LogP contribution is -2.37. The lowest BCUT2D eigenvalue weighted by molar-refractivity contribution is 0.0274. The van der Waals surface area contributed by atoms with Gasteiger partial charge in [0.2, 0.25) is 0 Å². The highest BCUT2D eigenvalue weighted by atomic mass is 16.6. The molecule has 6 rings (SSSR count). The second-order valence-corrected chi connectivity index (χ2v) is 15.6. The Bertz CT molecular complexity index is 2040. The number of fused-ring (bicyclic) bond motifs is 1. The first-order chi connectivity index (χ1) is 25.2. The van der Waals surface area contributed by atoms with Crippen LogP contribution in [0.25, 0.3) is 10.8 Å². The summed E-state index contributed by atoms with van der Waals surface area (Å²) < 4.78 is 18.5. The Morgan fingerprint density at radius 1 is 0.849 bits per heavy atom. The van der Waals surface area contributed by atoms with E-state index in [2.05, 4.69) is 22.4 Å². The van der Waals surface area contributed by atoms with E-state index in [1.54, 1.807) is 16.0 Å². The van der Waals surface area contributed by atoms with Crippen LogP contribution < -0.4 is 15.0 Å².